The van der Waals surface area contributed by atoms with Crippen LogP contribution in [0.4, 0.5) is 8.78 Å². The molecular formula is C8H5F2O2. The fraction of sp³-hybridized carbons (Fsp3) is 0.125. The minimum Gasteiger partial charge on any atom is -0.452 e. The standard InChI is InChI=1S/C8H5F2O2/c9-7-2-1-3-8(10)6(7)4-12-5-11/h1-3H,4H2. The fourth-order valence-electron chi connectivity index (χ4n) is 0.772. The van der Waals surface area contributed by atoms with Crippen LogP contribution in [0, 0.1) is 11.6 Å². The van der Waals surface area contributed by atoms with Gasteiger partial charge < -0.3 is 4.74 Å². The van der Waals surface area contributed by atoms with E-state index in [-0.39, 0.29) is 5.56 Å². The Balaban J connectivity index is 2.88. The first-order valence-electron chi connectivity index (χ1n) is 3.17. The maximum Gasteiger partial charge on any atom is 0.417 e. The quantitative estimate of drug-likeness (QED) is 0.689. The largest absolute Gasteiger partial charge is 0.452 e. The van der Waals surface area contributed by atoms with Crippen LogP contribution in [0.2, 0.25) is 0 Å². The van der Waals surface area contributed by atoms with E-state index in [9.17, 15) is 13.6 Å². The minimum atomic E-state index is -0.731. The van der Waals surface area contributed by atoms with Crippen molar-refractivity contribution in [1.29, 1.82) is 0 Å². The van der Waals surface area contributed by atoms with Crippen LogP contribution in [0.15, 0.2) is 18.2 Å². The highest BCUT2D eigenvalue weighted by Gasteiger charge is 2.07. The Kier molecular flexibility index (Phi) is 2.74. The van der Waals surface area contributed by atoms with Crippen LogP contribution < -0.4 is 0 Å². The van der Waals surface area contributed by atoms with Crippen molar-refractivity contribution in [3.05, 3.63) is 35.4 Å². The third kappa shape index (κ3) is 1.78. The van der Waals surface area contributed by atoms with Crippen molar-refractivity contribution in [3.63, 3.8) is 0 Å². The molecular weight excluding hydrogens is 166 g/mol. The molecule has 0 atom stereocenters. The molecule has 0 amide bonds. The molecule has 0 saturated carbocycles. The van der Waals surface area contributed by atoms with Gasteiger partial charge in [-0.25, -0.2) is 13.6 Å². The molecule has 0 aromatic heterocycles. The third-order valence-electron chi connectivity index (χ3n) is 1.34. The molecule has 0 bridgehead atoms. The van der Waals surface area contributed by atoms with Crippen LogP contribution in [-0.2, 0) is 16.1 Å². The fourth-order valence-corrected chi connectivity index (χ4v) is 0.772. The van der Waals surface area contributed by atoms with Crippen LogP contribution in [0.1, 0.15) is 5.56 Å². The van der Waals surface area contributed by atoms with Crippen LogP contribution >= 0.6 is 0 Å². The van der Waals surface area contributed by atoms with E-state index >= 15 is 0 Å². The third-order valence-corrected chi connectivity index (χ3v) is 1.34. The molecule has 0 aliphatic heterocycles. The van der Waals surface area contributed by atoms with Gasteiger partial charge in [-0.1, -0.05) is 6.07 Å². The van der Waals surface area contributed by atoms with Crippen LogP contribution in [0.5, 0.6) is 0 Å². The predicted molar refractivity (Wildman–Crippen MR) is 36.8 cm³/mol. The summed E-state index contributed by atoms with van der Waals surface area (Å²) in [5, 5.41) is 0. The molecule has 0 saturated heterocycles. The zero-order valence-corrected chi connectivity index (χ0v) is 6.01. The van der Waals surface area contributed by atoms with Gasteiger partial charge in [0.05, 0.1) is 5.56 Å². The average molecular weight is 171 g/mol. The van der Waals surface area contributed by atoms with Gasteiger partial charge in [0, 0.05) is 0 Å². The van der Waals surface area contributed by atoms with E-state index in [0.29, 0.717) is 0 Å². The predicted octanol–water partition coefficient (Wildman–Crippen LogP) is 1.55. The highest BCUT2D eigenvalue weighted by Crippen LogP contribution is 2.12. The Labute approximate surface area is 67.8 Å². The van der Waals surface area contributed by atoms with Crippen LogP contribution in [-0.4, -0.2) is 6.47 Å². The molecule has 0 N–H and O–H groups in total. The Morgan fingerprint density at radius 2 is 1.92 bits per heavy atom. The lowest BCUT2D eigenvalue weighted by atomic mass is 10.2. The van der Waals surface area contributed by atoms with Gasteiger partial charge in [-0.15, -0.1) is 0 Å². The molecule has 0 aliphatic carbocycles. The second kappa shape index (κ2) is 3.80. The van der Waals surface area contributed by atoms with Gasteiger partial charge in [-0.3, -0.25) is 0 Å². The molecule has 1 aromatic carbocycles. The number of halogens is 2. The molecule has 1 radical (unpaired) electrons. The van der Waals surface area contributed by atoms with Crippen molar-refractivity contribution in [2.24, 2.45) is 0 Å². The van der Waals surface area contributed by atoms with E-state index in [1.165, 1.54) is 6.07 Å². The molecule has 1 aromatic rings. The molecule has 0 unspecified atom stereocenters. The first-order chi connectivity index (χ1) is 5.75. The molecule has 1 rings (SSSR count). The van der Waals surface area contributed by atoms with Gasteiger partial charge in [0.2, 0.25) is 0 Å². The summed E-state index contributed by atoms with van der Waals surface area (Å²) in [6.07, 6.45) is 0. The van der Waals surface area contributed by atoms with Crippen molar-refractivity contribution in [1.82, 2.24) is 0 Å². The van der Waals surface area contributed by atoms with E-state index in [0.717, 1.165) is 18.6 Å². The first kappa shape index (κ1) is 8.64. The summed E-state index contributed by atoms with van der Waals surface area (Å²) in [5.41, 5.74) is -0.263. The highest BCUT2D eigenvalue weighted by molar-refractivity contribution is 5.38. The van der Waals surface area contributed by atoms with Crippen molar-refractivity contribution in [3.8, 4) is 0 Å². The molecule has 0 heterocycles. The monoisotopic (exact) mass is 171 g/mol. The lowest BCUT2D eigenvalue weighted by Crippen LogP contribution is -1.97. The maximum absolute atomic E-state index is 12.7. The van der Waals surface area contributed by atoms with Crippen molar-refractivity contribution in [2.75, 3.05) is 0 Å². The minimum absolute atomic E-state index is 0.263. The van der Waals surface area contributed by atoms with Gasteiger partial charge in [-0.2, -0.15) is 0 Å². The molecule has 4 heteroatoms. The van der Waals surface area contributed by atoms with Crippen LogP contribution in [0.3, 0.4) is 0 Å². The lowest BCUT2D eigenvalue weighted by molar-refractivity contribution is 0.257. The zero-order chi connectivity index (χ0) is 8.97. The van der Waals surface area contributed by atoms with Gasteiger partial charge in [0.25, 0.3) is 0 Å². The van der Waals surface area contributed by atoms with Crippen molar-refractivity contribution >= 4 is 6.47 Å². The summed E-state index contributed by atoms with van der Waals surface area (Å²) >= 11 is 0. The topological polar surface area (TPSA) is 26.3 Å². The molecule has 0 fully saturated rings. The van der Waals surface area contributed by atoms with E-state index in [1.54, 1.807) is 0 Å². The Bertz CT molecular complexity index is 266. The zero-order valence-electron chi connectivity index (χ0n) is 6.01. The number of carbonyl (C=O) groups excluding carboxylic acids is 1. The van der Waals surface area contributed by atoms with E-state index < -0.39 is 18.2 Å². The smallest absolute Gasteiger partial charge is 0.417 e. The summed E-state index contributed by atoms with van der Waals surface area (Å²) in [6, 6.07) is 3.41. The molecule has 2 nitrogen and oxygen atoms in total. The number of benzene rings is 1. The summed E-state index contributed by atoms with van der Waals surface area (Å²) in [4.78, 5) is 9.61. The molecule has 0 aliphatic rings. The Morgan fingerprint density at radius 3 is 2.42 bits per heavy atom. The van der Waals surface area contributed by atoms with E-state index in [4.69, 9.17) is 0 Å². The maximum atomic E-state index is 12.7. The molecule has 63 valence electrons. The lowest BCUT2D eigenvalue weighted by Gasteiger charge is -2.01. The Hall–Kier alpha value is -1.45. The summed E-state index contributed by atoms with van der Waals surface area (Å²) in [5.74, 6) is -1.46. The average Bonchev–Trinajstić information content (AvgIpc) is 2.04. The van der Waals surface area contributed by atoms with Crippen molar-refractivity contribution in [2.45, 2.75) is 6.61 Å². The summed E-state index contributed by atoms with van der Waals surface area (Å²) in [7, 11) is 0. The second-order valence-electron chi connectivity index (χ2n) is 2.07. The number of hydrogen-bond acceptors (Lipinski definition) is 2. The summed E-state index contributed by atoms with van der Waals surface area (Å²) in [6.45, 7) is 0.659. The number of ether oxygens (including phenoxy) is 1. The van der Waals surface area contributed by atoms with E-state index in [2.05, 4.69) is 4.74 Å². The number of rotatable bonds is 3. The van der Waals surface area contributed by atoms with Gasteiger partial charge >= 0.3 is 6.47 Å². The van der Waals surface area contributed by atoms with E-state index in [1.807, 2.05) is 0 Å². The summed E-state index contributed by atoms with van der Waals surface area (Å²) < 4.78 is 29.5. The van der Waals surface area contributed by atoms with Crippen molar-refractivity contribution < 1.29 is 18.3 Å². The Morgan fingerprint density at radius 1 is 1.33 bits per heavy atom. The first-order valence-corrected chi connectivity index (χ1v) is 3.17. The van der Waals surface area contributed by atoms with Gasteiger partial charge in [-0.05, 0) is 12.1 Å². The normalized spacial score (nSPS) is 9.50. The van der Waals surface area contributed by atoms with Gasteiger partial charge in [0.15, 0.2) is 0 Å². The highest BCUT2D eigenvalue weighted by atomic mass is 19.1. The second-order valence-corrected chi connectivity index (χ2v) is 2.07. The van der Waals surface area contributed by atoms with Gasteiger partial charge in [0.1, 0.15) is 18.2 Å². The SMILES string of the molecule is O=[C]OCc1c(F)cccc1F. The molecule has 12 heavy (non-hydrogen) atoms. The van der Waals surface area contributed by atoms with Crippen LogP contribution in [0.25, 0.3) is 0 Å². The molecule has 0 spiro atoms. The number of hydrogen-bond donors (Lipinski definition) is 0.